The van der Waals surface area contributed by atoms with Gasteiger partial charge in [0.05, 0.1) is 24.5 Å². The predicted octanol–water partition coefficient (Wildman–Crippen LogP) is 0.587. The van der Waals surface area contributed by atoms with Crippen molar-refractivity contribution in [2.24, 2.45) is 0 Å². The van der Waals surface area contributed by atoms with Gasteiger partial charge in [0.15, 0.2) is 6.61 Å². The molecule has 0 radical (unpaired) electrons. The molecule has 7 heteroatoms. The number of methoxy groups -OCH3 is 1. The first-order chi connectivity index (χ1) is 10.1. The summed E-state index contributed by atoms with van der Waals surface area (Å²) in [6.45, 7) is 2.70. The third-order valence-corrected chi connectivity index (χ3v) is 2.51. The van der Waals surface area contributed by atoms with Gasteiger partial charge in [0.2, 0.25) is 0 Å². The largest absolute Gasteiger partial charge is 0.482 e. The number of ether oxygens (including phenoxy) is 3. The highest BCUT2D eigenvalue weighted by Crippen LogP contribution is 2.22. The third-order valence-electron chi connectivity index (χ3n) is 2.51. The summed E-state index contributed by atoms with van der Waals surface area (Å²) in [5.41, 5.74) is 6.39. The lowest BCUT2D eigenvalue weighted by molar-refractivity contribution is -0.123. The zero-order valence-corrected chi connectivity index (χ0v) is 12.2. The number of amides is 1. The summed E-state index contributed by atoms with van der Waals surface area (Å²) < 4.78 is 15.0. The summed E-state index contributed by atoms with van der Waals surface area (Å²) in [4.78, 5) is 23.0. The molecule has 0 aliphatic rings. The van der Waals surface area contributed by atoms with Crippen LogP contribution < -0.4 is 15.8 Å². The molecule has 0 aromatic heterocycles. The van der Waals surface area contributed by atoms with Gasteiger partial charge in [-0.25, -0.2) is 4.79 Å². The Morgan fingerprint density at radius 2 is 2.10 bits per heavy atom. The molecule has 0 atom stereocenters. The topological polar surface area (TPSA) is 99.9 Å². The first kappa shape index (κ1) is 16.8. The lowest BCUT2D eigenvalue weighted by Crippen LogP contribution is -2.31. The quantitative estimate of drug-likeness (QED) is 0.414. The van der Waals surface area contributed by atoms with Crippen molar-refractivity contribution < 1.29 is 23.8 Å². The van der Waals surface area contributed by atoms with Gasteiger partial charge in [-0.05, 0) is 25.1 Å². The summed E-state index contributed by atoms with van der Waals surface area (Å²) in [7, 11) is 1.55. The van der Waals surface area contributed by atoms with Crippen LogP contribution in [0, 0.1) is 0 Å². The second kappa shape index (κ2) is 8.80. The van der Waals surface area contributed by atoms with Crippen LogP contribution >= 0.6 is 0 Å². The molecule has 1 rings (SSSR count). The molecule has 3 N–H and O–H groups in total. The van der Waals surface area contributed by atoms with Gasteiger partial charge in [-0.3, -0.25) is 4.79 Å². The molecule has 0 aliphatic carbocycles. The van der Waals surface area contributed by atoms with Gasteiger partial charge >= 0.3 is 5.97 Å². The number of rotatable bonds is 8. The van der Waals surface area contributed by atoms with Crippen molar-refractivity contribution in [3.63, 3.8) is 0 Å². The van der Waals surface area contributed by atoms with E-state index in [4.69, 9.17) is 19.9 Å². The maximum Gasteiger partial charge on any atom is 0.338 e. The highest BCUT2D eigenvalue weighted by atomic mass is 16.5. The minimum absolute atomic E-state index is 0.160. The standard InChI is InChI=1S/C14H20N2O5/c1-3-20-14(18)10-4-5-12(11(15)8-10)21-9-13(17)16-6-7-19-2/h4-5,8H,3,6-7,9,15H2,1-2H3,(H,16,17). The maximum absolute atomic E-state index is 11.5. The number of anilines is 1. The zero-order valence-electron chi connectivity index (χ0n) is 12.2. The van der Waals surface area contributed by atoms with Crippen molar-refractivity contribution in [3.05, 3.63) is 23.8 Å². The van der Waals surface area contributed by atoms with Crippen LogP contribution in [0.4, 0.5) is 5.69 Å². The number of nitrogen functional groups attached to an aromatic ring is 1. The normalized spacial score (nSPS) is 10.0. The van der Waals surface area contributed by atoms with E-state index in [0.717, 1.165) is 0 Å². The maximum atomic E-state index is 11.5. The second-order valence-electron chi connectivity index (χ2n) is 4.10. The zero-order chi connectivity index (χ0) is 15.7. The monoisotopic (exact) mass is 296 g/mol. The van der Waals surface area contributed by atoms with E-state index in [9.17, 15) is 9.59 Å². The molecule has 7 nitrogen and oxygen atoms in total. The van der Waals surface area contributed by atoms with Crippen molar-refractivity contribution in [2.75, 3.05) is 39.2 Å². The Balaban J connectivity index is 2.53. The molecule has 1 amide bonds. The Morgan fingerprint density at radius 1 is 1.33 bits per heavy atom. The number of carbonyl (C=O) groups excluding carboxylic acids is 2. The minimum Gasteiger partial charge on any atom is -0.482 e. The number of hydrogen-bond acceptors (Lipinski definition) is 6. The summed E-state index contributed by atoms with van der Waals surface area (Å²) in [5, 5.41) is 2.62. The highest BCUT2D eigenvalue weighted by Gasteiger charge is 2.10. The van der Waals surface area contributed by atoms with Crippen LogP contribution in [0.15, 0.2) is 18.2 Å². The molecule has 0 saturated carbocycles. The molecule has 0 heterocycles. The molecule has 0 spiro atoms. The van der Waals surface area contributed by atoms with Gasteiger partial charge < -0.3 is 25.3 Å². The van der Waals surface area contributed by atoms with Crippen LogP contribution in [0.2, 0.25) is 0 Å². The van der Waals surface area contributed by atoms with Crippen molar-refractivity contribution >= 4 is 17.6 Å². The summed E-state index contributed by atoms with van der Waals surface area (Å²) in [6, 6.07) is 4.52. The average Bonchev–Trinajstić information content (AvgIpc) is 2.46. The molecule has 0 unspecified atom stereocenters. The van der Waals surface area contributed by atoms with Crippen molar-refractivity contribution in [1.29, 1.82) is 0 Å². The number of esters is 1. The number of benzene rings is 1. The fraction of sp³-hybridized carbons (Fsp3) is 0.429. The SMILES string of the molecule is CCOC(=O)c1ccc(OCC(=O)NCCOC)c(N)c1. The first-order valence-electron chi connectivity index (χ1n) is 6.53. The van der Waals surface area contributed by atoms with E-state index in [-0.39, 0.29) is 18.2 Å². The number of nitrogens with two attached hydrogens (primary N) is 1. The Labute approximate surface area is 123 Å². The third kappa shape index (κ3) is 5.70. The molecule has 1 aromatic carbocycles. The van der Waals surface area contributed by atoms with Crippen molar-refractivity contribution in [2.45, 2.75) is 6.92 Å². The molecule has 0 saturated heterocycles. The molecular weight excluding hydrogens is 276 g/mol. The van der Waals surface area contributed by atoms with E-state index >= 15 is 0 Å². The molecule has 21 heavy (non-hydrogen) atoms. The van der Waals surface area contributed by atoms with E-state index in [2.05, 4.69) is 5.32 Å². The van der Waals surface area contributed by atoms with Crippen LogP contribution in [0.3, 0.4) is 0 Å². The molecule has 0 bridgehead atoms. The van der Waals surface area contributed by atoms with E-state index in [1.54, 1.807) is 14.0 Å². The Hall–Kier alpha value is -2.28. The number of nitrogens with one attached hydrogen (secondary N) is 1. The van der Waals surface area contributed by atoms with Gasteiger partial charge in [-0.1, -0.05) is 0 Å². The van der Waals surface area contributed by atoms with E-state index < -0.39 is 5.97 Å². The highest BCUT2D eigenvalue weighted by molar-refractivity contribution is 5.91. The average molecular weight is 296 g/mol. The van der Waals surface area contributed by atoms with Gasteiger partial charge in [-0.2, -0.15) is 0 Å². The van der Waals surface area contributed by atoms with Gasteiger partial charge in [0.25, 0.3) is 5.91 Å². The van der Waals surface area contributed by atoms with E-state index in [1.165, 1.54) is 18.2 Å². The smallest absolute Gasteiger partial charge is 0.338 e. The van der Waals surface area contributed by atoms with E-state index in [1.807, 2.05) is 0 Å². The Kier molecular flexibility index (Phi) is 7.03. The molecular formula is C14H20N2O5. The fourth-order valence-electron chi connectivity index (χ4n) is 1.51. The minimum atomic E-state index is -0.451. The summed E-state index contributed by atoms with van der Waals surface area (Å²) >= 11 is 0. The van der Waals surface area contributed by atoms with Crippen molar-refractivity contribution in [3.8, 4) is 5.75 Å². The fourth-order valence-corrected chi connectivity index (χ4v) is 1.51. The molecule has 116 valence electrons. The van der Waals surface area contributed by atoms with E-state index in [0.29, 0.717) is 31.1 Å². The lowest BCUT2D eigenvalue weighted by atomic mass is 10.2. The van der Waals surface area contributed by atoms with Crippen LogP contribution in [-0.2, 0) is 14.3 Å². The van der Waals surface area contributed by atoms with Gasteiger partial charge in [0, 0.05) is 13.7 Å². The second-order valence-corrected chi connectivity index (χ2v) is 4.10. The first-order valence-corrected chi connectivity index (χ1v) is 6.53. The molecule has 0 fully saturated rings. The van der Waals surface area contributed by atoms with Crippen LogP contribution in [0.5, 0.6) is 5.75 Å². The van der Waals surface area contributed by atoms with Gasteiger partial charge in [0.1, 0.15) is 5.75 Å². The number of hydrogen-bond donors (Lipinski definition) is 2. The Morgan fingerprint density at radius 3 is 2.71 bits per heavy atom. The summed E-state index contributed by atoms with van der Waals surface area (Å²) in [5.74, 6) is -0.390. The predicted molar refractivity (Wildman–Crippen MR) is 77.2 cm³/mol. The van der Waals surface area contributed by atoms with Crippen LogP contribution in [-0.4, -0.2) is 45.4 Å². The van der Waals surface area contributed by atoms with Crippen LogP contribution in [0.1, 0.15) is 17.3 Å². The molecule has 0 aliphatic heterocycles. The van der Waals surface area contributed by atoms with Crippen LogP contribution in [0.25, 0.3) is 0 Å². The van der Waals surface area contributed by atoms with Gasteiger partial charge in [-0.15, -0.1) is 0 Å². The summed E-state index contributed by atoms with van der Waals surface area (Å²) in [6.07, 6.45) is 0. The Bertz CT molecular complexity index is 490. The van der Waals surface area contributed by atoms with Crippen molar-refractivity contribution in [1.82, 2.24) is 5.32 Å². The lowest BCUT2D eigenvalue weighted by Gasteiger charge is -2.10. The molecule has 1 aromatic rings. The number of carbonyl (C=O) groups is 2.